The number of amides is 1. The quantitative estimate of drug-likeness (QED) is 0.627. The molecular weight excluding hydrogens is 263 g/mol. The summed E-state index contributed by atoms with van der Waals surface area (Å²) in [4.78, 5) is 13.0. The van der Waals surface area contributed by atoms with Gasteiger partial charge in [-0.2, -0.15) is 0 Å². The van der Waals surface area contributed by atoms with Crippen molar-refractivity contribution in [1.29, 1.82) is 0 Å². The molecule has 0 saturated carbocycles. The van der Waals surface area contributed by atoms with Crippen LogP contribution in [-0.4, -0.2) is 23.0 Å². The van der Waals surface area contributed by atoms with Crippen molar-refractivity contribution in [2.75, 3.05) is 7.05 Å². The fourth-order valence-corrected chi connectivity index (χ4v) is 1.83. The van der Waals surface area contributed by atoms with E-state index in [9.17, 15) is 9.18 Å². The molecule has 0 radical (unpaired) electrons. The van der Waals surface area contributed by atoms with Crippen molar-refractivity contribution in [1.82, 2.24) is 10.2 Å². The smallest absolute Gasteiger partial charge is 0.276 e. The largest absolute Gasteiger partial charge is 0.328 e. The number of likely N-dealkylation sites (N-methyl/N-ethyl adjacent to an activating group) is 1. The predicted octanol–water partition coefficient (Wildman–Crippen LogP) is 2.17. The topological polar surface area (TPSA) is 32.3 Å². The summed E-state index contributed by atoms with van der Waals surface area (Å²) < 4.78 is 13.5. The molecule has 1 aliphatic heterocycles. The molecule has 1 saturated heterocycles. The number of benzene rings is 1. The maximum Gasteiger partial charge on any atom is 0.276 e. The maximum atomic E-state index is 13.5. The van der Waals surface area contributed by atoms with Crippen LogP contribution in [0.5, 0.6) is 0 Å². The average molecular weight is 271 g/mol. The molecule has 0 spiro atoms. The molecule has 6 heteroatoms. The Bertz CT molecular complexity index is 524. The van der Waals surface area contributed by atoms with Crippen LogP contribution in [0.1, 0.15) is 5.56 Å². The van der Waals surface area contributed by atoms with Gasteiger partial charge in [-0.25, -0.2) is 4.39 Å². The zero-order chi connectivity index (χ0) is 12.6. The number of hydrogen-bond donors (Lipinski definition) is 1. The minimum absolute atomic E-state index is 0.170. The second-order valence-corrected chi connectivity index (χ2v) is 4.28. The van der Waals surface area contributed by atoms with Crippen LogP contribution in [0.25, 0.3) is 6.08 Å². The molecule has 0 aromatic heterocycles. The Morgan fingerprint density at radius 2 is 2.24 bits per heavy atom. The van der Waals surface area contributed by atoms with Crippen LogP contribution in [0.3, 0.4) is 0 Å². The Morgan fingerprint density at radius 3 is 2.76 bits per heavy atom. The molecule has 0 unspecified atom stereocenters. The van der Waals surface area contributed by atoms with E-state index in [0.717, 1.165) is 0 Å². The standard InChI is InChI=1S/C11H8ClFN2OS/c1-15-10(16)9(14-11(15)17)5-6-7(12)3-2-4-8(6)13/h2-5H,1H3,(H,14,17)/b9-5-. The van der Waals surface area contributed by atoms with E-state index >= 15 is 0 Å². The van der Waals surface area contributed by atoms with Crippen LogP contribution in [0.4, 0.5) is 4.39 Å². The molecule has 1 heterocycles. The predicted molar refractivity (Wildman–Crippen MR) is 67.9 cm³/mol. The first-order valence-corrected chi connectivity index (χ1v) is 5.54. The van der Waals surface area contributed by atoms with Crippen LogP contribution in [-0.2, 0) is 4.79 Å². The molecule has 1 aromatic carbocycles. The number of thiocarbonyl (C=S) groups is 1. The van der Waals surface area contributed by atoms with Gasteiger partial charge in [-0.05, 0) is 30.4 Å². The van der Waals surface area contributed by atoms with Crippen LogP contribution >= 0.6 is 23.8 Å². The lowest BCUT2D eigenvalue weighted by molar-refractivity contribution is -0.121. The normalized spacial score (nSPS) is 17.8. The minimum Gasteiger partial charge on any atom is -0.328 e. The Kier molecular flexibility index (Phi) is 3.13. The second-order valence-electron chi connectivity index (χ2n) is 3.49. The lowest BCUT2D eigenvalue weighted by Crippen LogP contribution is -2.25. The molecule has 0 atom stereocenters. The van der Waals surface area contributed by atoms with Gasteiger partial charge in [0.2, 0.25) is 0 Å². The molecule has 2 rings (SSSR count). The lowest BCUT2D eigenvalue weighted by atomic mass is 10.1. The highest BCUT2D eigenvalue weighted by molar-refractivity contribution is 7.80. The number of nitrogens with zero attached hydrogens (tertiary/aromatic N) is 1. The summed E-state index contributed by atoms with van der Waals surface area (Å²) >= 11 is 10.8. The van der Waals surface area contributed by atoms with Crippen molar-refractivity contribution in [2.24, 2.45) is 0 Å². The summed E-state index contributed by atoms with van der Waals surface area (Å²) in [5.41, 5.74) is 0.382. The molecule has 1 aromatic rings. The Morgan fingerprint density at radius 1 is 1.53 bits per heavy atom. The maximum absolute atomic E-state index is 13.5. The SMILES string of the molecule is CN1C(=O)/C(=C/c2c(F)cccc2Cl)NC1=S. The molecule has 1 N–H and O–H groups in total. The number of hydrogen-bond acceptors (Lipinski definition) is 2. The van der Waals surface area contributed by atoms with E-state index in [1.807, 2.05) is 0 Å². The summed E-state index contributed by atoms with van der Waals surface area (Å²) in [6.07, 6.45) is 1.36. The fourth-order valence-electron chi connectivity index (χ4n) is 1.42. The van der Waals surface area contributed by atoms with Gasteiger partial charge in [0.15, 0.2) is 5.11 Å². The molecule has 17 heavy (non-hydrogen) atoms. The molecule has 1 amide bonds. The van der Waals surface area contributed by atoms with E-state index < -0.39 is 5.82 Å². The molecule has 1 aliphatic rings. The molecule has 1 fully saturated rings. The van der Waals surface area contributed by atoms with E-state index in [1.54, 1.807) is 13.1 Å². The Labute approximate surface area is 108 Å². The number of carbonyl (C=O) groups excluding carboxylic acids is 1. The first-order valence-electron chi connectivity index (χ1n) is 4.75. The summed E-state index contributed by atoms with van der Waals surface area (Å²) in [5, 5.41) is 3.23. The van der Waals surface area contributed by atoms with Crippen LogP contribution in [0.15, 0.2) is 23.9 Å². The highest BCUT2D eigenvalue weighted by Crippen LogP contribution is 2.22. The van der Waals surface area contributed by atoms with Gasteiger partial charge in [-0.15, -0.1) is 0 Å². The highest BCUT2D eigenvalue weighted by atomic mass is 35.5. The monoisotopic (exact) mass is 270 g/mol. The van der Waals surface area contributed by atoms with E-state index in [1.165, 1.54) is 23.1 Å². The Hall–Kier alpha value is -1.46. The number of halogens is 2. The summed E-state index contributed by atoms with van der Waals surface area (Å²) in [7, 11) is 1.54. The molecule has 0 aliphatic carbocycles. The van der Waals surface area contributed by atoms with Crippen molar-refractivity contribution in [2.45, 2.75) is 0 Å². The molecule has 88 valence electrons. The van der Waals surface area contributed by atoms with Crippen molar-refractivity contribution >= 4 is 40.9 Å². The Balaban J connectivity index is 2.44. The van der Waals surface area contributed by atoms with Gasteiger partial charge < -0.3 is 5.32 Å². The van der Waals surface area contributed by atoms with Crippen molar-refractivity contribution < 1.29 is 9.18 Å². The lowest BCUT2D eigenvalue weighted by Gasteiger charge is -2.03. The zero-order valence-electron chi connectivity index (χ0n) is 8.83. The fraction of sp³-hybridized carbons (Fsp3) is 0.0909. The number of rotatable bonds is 1. The van der Waals surface area contributed by atoms with E-state index in [0.29, 0.717) is 0 Å². The van der Waals surface area contributed by atoms with Gasteiger partial charge in [0, 0.05) is 12.6 Å². The van der Waals surface area contributed by atoms with Gasteiger partial charge in [0.25, 0.3) is 5.91 Å². The molecular formula is C11H8ClFN2OS. The third-order valence-corrected chi connectivity index (χ3v) is 3.08. The van der Waals surface area contributed by atoms with E-state index in [-0.39, 0.29) is 27.3 Å². The van der Waals surface area contributed by atoms with Crippen molar-refractivity contribution in [3.8, 4) is 0 Å². The van der Waals surface area contributed by atoms with Gasteiger partial charge in [0.1, 0.15) is 11.5 Å². The van der Waals surface area contributed by atoms with Gasteiger partial charge in [0.05, 0.1) is 5.02 Å². The first kappa shape index (κ1) is 12.0. The van der Waals surface area contributed by atoms with Gasteiger partial charge in [-0.3, -0.25) is 9.69 Å². The van der Waals surface area contributed by atoms with Crippen LogP contribution in [0.2, 0.25) is 5.02 Å². The van der Waals surface area contributed by atoms with E-state index in [4.69, 9.17) is 23.8 Å². The third-order valence-electron chi connectivity index (χ3n) is 2.37. The molecule has 3 nitrogen and oxygen atoms in total. The van der Waals surface area contributed by atoms with Gasteiger partial charge in [-0.1, -0.05) is 17.7 Å². The summed E-state index contributed by atoms with van der Waals surface area (Å²) in [6.45, 7) is 0. The van der Waals surface area contributed by atoms with Crippen molar-refractivity contribution in [3.63, 3.8) is 0 Å². The van der Waals surface area contributed by atoms with Crippen molar-refractivity contribution in [3.05, 3.63) is 40.3 Å². The van der Waals surface area contributed by atoms with Crippen LogP contribution < -0.4 is 5.32 Å². The average Bonchev–Trinajstić information content (AvgIpc) is 2.52. The second kappa shape index (κ2) is 4.43. The number of nitrogens with one attached hydrogen (secondary N) is 1. The first-order chi connectivity index (χ1) is 8.00. The molecule has 0 bridgehead atoms. The highest BCUT2D eigenvalue weighted by Gasteiger charge is 2.27. The number of carbonyl (C=O) groups is 1. The summed E-state index contributed by atoms with van der Waals surface area (Å²) in [5.74, 6) is -0.797. The van der Waals surface area contributed by atoms with E-state index in [2.05, 4.69) is 5.32 Å². The zero-order valence-corrected chi connectivity index (χ0v) is 10.4. The summed E-state index contributed by atoms with van der Waals surface area (Å²) in [6, 6.07) is 4.33. The third kappa shape index (κ3) is 2.16. The minimum atomic E-state index is -0.486. The van der Waals surface area contributed by atoms with Crippen LogP contribution in [0, 0.1) is 5.82 Å². The van der Waals surface area contributed by atoms with Gasteiger partial charge >= 0.3 is 0 Å².